The van der Waals surface area contributed by atoms with Gasteiger partial charge in [-0.1, -0.05) is 30.3 Å². The Morgan fingerprint density at radius 2 is 2.00 bits per heavy atom. The monoisotopic (exact) mass is 271 g/mol. The Bertz CT molecular complexity index is 594. The summed E-state index contributed by atoms with van der Waals surface area (Å²) < 4.78 is 7.49. The quantitative estimate of drug-likeness (QED) is 0.930. The average molecular weight is 271 g/mol. The van der Waals surface area contributed by atoms with Gasteiger partial charge in [0.25, 0.3) is 0 Å². The minimum absolute atomic E-state index is 0.0374. The van der Waals surface area contributed by atoms with Crippen LogP contribution in [0.4, 0.5) is 5.82 Å². The minimum Gasteiger partial charge on any atom is -0.383 e. The van der Waals surface area contributed by atoms with Gasteiger partial charge in [-0.3, -0.25) is 4.68 Å². The van der Waals surface area contributed by atoms with Gasteiger partial charge in [-0.05, 0) is 24.8 Å². The summed E-state index contributed by atoms with van der Waals surface area (Å²) in [6.07, 6.45) is 4.28. The largest absolute Gasteiger partial charge is 0.383 e. The second-order valence-corrected chi connectivity index (χ2v) is 5.61. The number of anilines is 1. The summed E-state index contributed by atoms with van der Waals surface area (Å²) in [6.45, 7) is 0. The molecule has 2 N–H and O–H groups in total. The van der Waals surface area contributed by atoms with Crippen LogP contribution in [-0.4, -0.2) is 22.5 Å². The standard InChI is InChI=1S/C16H21N3O/c1-19-15(17)14(12-7-4-3-5-8-12)13(18-19)11-16(20-2)9-6-10-16/h3-5,7-8H,6,9-11,17H2,1-2H3. The molecule has 0 radical (unpaired) electrons. The van der Waals surface area contributed by atoms with E-state index in [0.29, 0.717) is 0 Å². The molecule has 0 bridgehead atoms. The molecule has 2 aromatic rings. The molecule has 0 spiro atoms. The summed E-state index contributed by atoms with van der Waals surface area (Å²) in [5.41, 5.74) is 9.39. The maximum atomic E-state index is 6.21. The van der Waals surface area contributed by atoms with Crippen LogP contribution in [0.3, 0.4) is 0 Å². The van der Waals surface area contributed by atoms with Crippen molar-refractivity contribution < 1.29 is 4.74 Å². The number of nitrogens with zero attached hydrogens (tertiary/aromatic N) is 2. The molecule has 0 amide bonds. The van der Waals surface area contributed by atoms with Gasteiger partial charge in [-0.25, -0.2) is 0 Å². The fourth-order valence-corrected chi connectivity index (χ4v) is 2.97. The zero-order chi connectivity index (χ0) is 14.2. The Morgan fingerprint density at radius 3 is 2.55 bits per heavy atom. The minimum atomic E-state index is -0.0374. The van der Waals surface area contributed by atoms with Crippen molar-refractivity contribution in [3.63, 3.8) is 0 Å². The number of ether oxygens (including phenoxy) is 1. The molecule has 0 atom stereocenters. The molecule has 1 aromatic heterocycles. The van der Waals surface area contributed by atoms with Gasteiger partial charge in [-0.15, -0.1) is 0 Å². The van der Waals surface area contributed by atoms with Crippen LogP contribution < -0.4 is 5.73 Å². The molecule has 106 valence electrons. The normalized spacial score (nSPS) is 16.9. The first-order chi connectivity index (χ1) is 9.65. The van der Waals surface area contributed by atoms with E-state index >= 15 is 0 Å². The molecule has 4 nitrogen and oxygen atoms in total. The SMILES string of the molecule is COC1(Cc2nn(C)c(N)c2-c2ccccc2)CCC1. The molecule has 0 aliphatic heterocycles. The molecule has 1 aromatic carbocycles. The summed E-state index contributed by atoms with van der Waals surface area (Å²) in [5, 5.41) is 4.61. The number of methoxy groups -OCH3 is 1. The molecule has 4 heteroatoms. The molecule has 0 saturated heterocycles. The Balaban J connectivity index is 2.01. The van der Waals surface area contributed by atoms with Gasteiger partial charge >= 0.3 is 0 Å². The highest BCUT2D eigenvalue weighted by Crippen LogP contribution is 2.40. The van der Waals surface area contributed by atoms with Crippen molar-refractivity contribution in [1.29, 1.82) is 0 Å². The third-order valence-electron chi connectivity index (χ3n) is 4.41. The van der Waals surface area contributed by atoms with Crippen LogP contribution in [0.2, 0.25) is 0 Å². The van der Waals surface area contributed by atoms with E-state index in [2.05, 4.69) is 17.2 Å². The van der Waals surface area contributed by atoms with Gasteiger partial charge in [0, 0.05) is 26.1 Å². The van der Waals surface area contributed by atoms with Crippen LogP contribution in [0.5, 0.6) is 0 Å². The molecule has 1 heterocycles. The van der Waals surface area contributed by atoms with Gasteiger partial charge in [0.05, 0.1) is 11.3 Å². The molecular formula is C16H21N3O. The summed E-state index contributed by atoms with van der Waals surface area (Å²) >= 11 is 0. The molecule has 1 saturated carbocycles. The highest BCUT2D eigenvalue weighted by molar-refractivity contribution is 5.76. The highest BCUT2D eigenvalue weighted by Gasteiger charge is 2.38. The Labute approximate surface area is 119 Å². The Hall–Kier alpha value is -1.81. The lowest BCUT2D eigenvalue weighted by Crippen LogP contribution is -2.41. The topological polar surface area (TPSA) is 53.1 Å². The van der Waals surface area contributed by atoms with Crippen LogP contribution in [0, 0.1) is 0 Å². The maximum Gasteiger partial charge on any atom is 0.129 e. The molecular weight excluding hydrogens is 250 g/mol. The maximum absolute atomic E-state index is 6.21. The van der Waals surface area contributed by atoms with Crippen molar-refractivity contribution in [2.75, 3.05) is 12.8 Å². The first kappa shape index (κ1) is 13.2. The van der Waals surface area contributed by atoms with Crippen LogP contribution in [0.15, 0.2) is 30.3 Å². The van der Waals surface area contributed by atoms with E-state index in [0.717, 1.165) is 41.9 Å². The van der Waals surface area contributed by atoms with Gasteiger partial charge in [0.2, 0.25) is 0 Å². The summed E-state index contributed by atoms with van der Waals surface area (Å²) in [4.78, 5) is 0. The van der Waals surface area contributed by atoms with Crippen molar-refractivity contribution in [3.8, 4) is 11.1 Å². The van der Waals surface area contributed by atoms with E-state index in [1.54, 1.807) is 11.8 Å². The van der Waals surface area contributed by atoms with Crippen LogP contribution in [-0.2, 0) is 18.2 Å². The number of nitrogens with two attached hydrogens (primary N) is 1. The van der Waals surface area contributed by atoms with Gasteiger partial charge in [-0.2, -0.15) is 5.10 Å². The second kappa shape index (κ2) is 4.94. The van der Waals surface area contributed by atoms with Crippen molar-refractivity contribution >= 4 is 5.82 Å². The molecule has 1 fully saturated rings. The third kappa shape index (κ3) is 2.10. The number of rotatable bonds is 4. The number of aromatic nitrogens is 2. The van der Waals surface area contributed by atoms with Crippen molar-refractivity contribution in [2.45, 2.75) is 31.3 Å². The molecule has 20 heavy (non-hydrogen) atoms. The molecule has 3 rings (SSSR count). The Morgan fingerprint density at radius 1 is 1.30 bits per heavy atom. The van der Waals surface area contributed by atoms with E-state index in [1.807, 2.05) is 25.2 Å². The van der Waals surface area contributed by atoms with Crippen LogP contribution in [0.1, 0.15) is 25.0 Å². The lowest BCUT2D eigenvalue weighted by Gasteiger charge is -2.40. The van der Waals surface area contributed by atoms with E-state index in [9.17, 15) is 0 Å². The number of hydrogen-bond acceptors (Lipinski definition) is 3. The lowest BCUT2D eigenvalue weighted by molar-refractivity contribution is -0.0714. The predicted molar refractivity (Wildman–Crippen MR) is 80.4 cm³/mol. The van der Waals surface area contributed by atoms with Crippen LogP contribution in [0.25, 0.3) is 11.1 Å². The van der Waals surface area contributed by atoms with E-state index in [4.69, 9.17) is 10.5 Å². The first-order valence-electron chi connectivity index (χ1n) is 7.07. The number of nitrogen functional groups attached to an aromatic ring is 1. The molecule has 1 aliphatic rings. The van der Waals surface area contributed by atoms with E-state index in [-0.39, 0.29) is 5.60 Å². The fourth-order valence-electron chi connectivity index (χ4n) is 2.97. The fraction of sp³-hybridized carbons (Fsp3) is 0.438. The molecule has 1 aliphatic carbocycles. The van der Waals surface area contributed by atoms with Crippen molar-refractivity contribution in [1.82, 2.24) is 9.78 Å². The Kier molecular flexibility index (Phi) is 3.26. The third-order valence-corrected chi connectivity index (χ3v) is 4.41. The van der Waals surface area contributed by atoms with Gasteiger partial charge in [0.1, 0.15) is 5.82 Å². The average Bonchev–Trinajstić information content (AvgIpc) is 2.70. The smallest absolute Gasteiger partial charge is 0.129 e. The second-order valence-electron chi connectivity index (χ2n) is 5.61. The zero-order valence-electron chi connectivity index (χ0n) is 12.1. The summed E-state index contributed by atoms with van der Waals surface area (Å²) in [7, 11) is 3.69. The zero-order valence-corrected chi connectivity index (χ0v) is 12.1. The lowest BCUT2D eigenvalue weighted by atomic mass is 9.76. The van der Waals surface area contributed by atoms with Crippen molar-refractivity contribution in [3.05, 3.63) is 36.0 Å². The number of hydrogen-bond donors (Lipinski definition) is 1. The van der Waals surface area contributed by atoms with Gasteiger partial charge < -0.3 is 10.5 Å². The summed E-state index contributed by atoms with van der Waals surface area (Å²) in [6, 6.07) is 10.2. The van der Waals surface area contributed by atoms with E-state index in [1.165, 1.54) is 6.42 Å². The molecule has 0 unspecified atom stereocenters. The summed E-state index contributed by atoms with van der Waals surface area (Å²) in [5.74, 6) is 0.719. The first-order valence-corrected chi connectivity index (χ1v) is 7.07. The predicted octanol–water partition coefficient (Wildman–Crippen LogP) is 2.78. The number of aryl methyl sites for hydroxylation is 1. The van der Waals surface area contributed by atoms with Crippen molar-refractivity contribution in [2.24, 2.45) is 7.05 Å². The van der Waals surface area contributed by atoms with E-state index < -0.39 is 0 Å². The van der Waals surface area contributed by atoms with Crippen LogP contribution >= 0.6 is 0 Å². The highest BCUT2D eigenvalue weighted by atomic mass is 16.5. The van der Waals surface area contributed by atoms with Gasteiger partial charge in [0.15, 0.2) is 0 Å². The number of benzene rings is 1.